The number of rotatable bonds is 4. The van der Waals surface area contributed by atoms with E-state index in [0.717, 1.165) is 22.8 Å². The Morgan fingerprint density at radius 1 is 0.625 bits per heavy atom. The molecule has 0 fully saturated rings. The SMILES string of the molecule is c1ccc(-c2ccc(Oc3ccc(-c4cscn4)cc3)cc2)cc1. The van der Waals surface area contributed by atoms with Gasteiger partial charge in [0, 0.05) is 10.9 Å². The summed E-state index contributed by atoms with van der Waals surface area (Å²) in [6.45, 7) is 0. The van der Waals surface area contributed by atoms with E-state index in [1.54, 1.807) is 11.3 Å². The van der Waals surface area contributed by atoms with Crippen molar-refractivity contribution in [3.63, 3.8) is 0 Å². The first-order valence-electron chi connectivity index (χ1n) is 7.70. The molecule has 0 saturated carbocycles. The normalized spacial score (nSPS) is 10.5. The second-order valence-corrected chi connectivity index (χ2v) is 6.11. The number of ether oxygens (including phenoxy) is 1. The number of aromatic nitrogens is 1. The molecule has 4 aromatic rings. The summed E-state index contributed by atoms with van der Waals surface area (Å²) in [5.74, 6) is 1.65. The molecule has 3 aromatic carbocycles. The first kappa shape index (κ1) is 14.7. The smallest absolute Gasteiger partial charge is 0.127 e. The molecule has 0 amide bonds. The molecule has 0 N–H and O–H groups in total. The summed E-state index contributed by atoms with van der Waals surface area (Å²) in [6.07, 6.45) is 0. The molecule has 0 radical (unpaired) electrons. The van der Waals surface area contributed by atoms with Gasteiger partial charge in [-0.2, -0.15) is 0 Å². The lowest BCUT2D eigenvalue weighted by atomic mass is 10.1. The fraction of sp³-hybridized carbons (Fsp3) is 0. The van der Waals surface area contributed by atoms with Gasteiger partial charge in [-0.3, -0.25) is 0 Å². The highest BCUT2D eigenvalue weighted by Crippen LogP contribution is 2.27. The molecule has 1 aromatic heterocycles. The van der Waals surface area contributed by atoms with Crippen molar-refractivity contribution in [3.8, 4) is 33.9 Å². The molecule has 0 bridgehead atoms. The van der Waals surface area contributed by atoms with Crippen LogP contribution in [0.5, 0.6) is 11.5 Å². The average Bonchev–Trinajstić information content (AvgIpc) is 3.18. The van der Waals surface area contributed by atoms with Crippen molar-refractivity contribution in [2.24, 2.45) is 0 Å². The quantitative estimate of drug-likeness (QED) is 0.440. The molecule has 0 spiro atoms. The van der Waals surface area contributed by atoms with Crippen molar-refractivity contribution in [1.82, 2.24) is 4.98 Å². The largest absolute Gasteiger partial charge is 0.457 e. The first-order valence-corrected chi connectivity index (χ1v) is 8.65. The van der Waals surface area contributed by atoms with Crippen LogP contribution in [0.3, 0.4) is 0 Å². The number of nitrogens with zero attached hydrogens (tertiary/aromatic N) is 1. The lowest BCUT2D eigenvalue weighted by Gasteiger charge is -2.08. The highest BCUT2D eigenvalue weighted by atomic mass is 32.1. The highest BCUT2D eigenvalue weighted by Gasteiger charge is 2.02. The Kier molecular flexibility index (Phi) is 4.09. The van der Waals surface area contributed by atoms with Gasteiger partial charge in [0.1, 0.15) is 11.5 Å². The minimum absolute atomic E-state index is 0.821. The molecular weight excluding hydrogens is 314 g/mol. The van der Waals surface area contributed by atoms with Crippen LogP contribution in [-0.2, 0) is 0 Å². The summed E-state index contributed by atoms with van der Waals surface area (Å²) in [6, 6.07) is 26.5. The number of hydrogen-bond donors (Lipinski definition) is 0. The van der Waals surface area contributed by atoms with E-state index in [2.05, 4.69) is 29.2 Å². The maximum atomic E-state index is 5.92. The van der Waals surface area contributed by atoms with E-state index in [1.165, 1.54) is 11.1 Å². The Morgan fingerprint density at radius 2 is 1.21 bits per heavy atom. The molecular formula is C21H15NOS. The average molecular weight is 329 g/mol. The van der Waals surface area contributed by atoms with E-state index in [9.17, 15) is 0 Å². The standard InChI is InChI=1S/C21H15NOS/c1-2-4-16(5-3-1)17-6-10-19(11-7-17)23-20-12-8-18(9-13-20)21-14-24-15-22-21/h1-15H. The van der Waals surface area contributed by atoms with Crippen LogP contribution in [0.1, 0.15) is 0 Å². The maximum Gasteiger partial charge on any atom is 0.127 e. The van der Waals surface area contributed by atoms with E-state index in [1.807, 2.05) is 65.5 Å². The summed E-state index contributed by atoms with van der Waals surface area (Å²) >= 11 is 1.60. The Morgan fingerprint density at radius 3 is 1.79 bits per heavy atom. The molecule has 116 valence electrons. The molecule has 0 aliphatic carbocycles. The minimum atomic E-state index is 0.821. The Balaban J connectivity index is 1.49. The second kappa shape index (κ2) is 6.69. The van der Waals surface area contributed by atoms with Crippen LogP contribution >= 0.6 is 11.3 Å². The minimum Gasteiger partial charge on any atom is -0.457 e. The van der Waals surface area contributed by atoms with Crippen LogP contribution in [0.15, 0.2) is 89.8 Å². The molecule has 0 unspecified atom stereocenters. The predicted octanol–water partition coefficient (Wildman–Crippen LogP) is 6.27. The number of thiazole rings is 1. The zero-order valence-corrected chi connectivity index (χ0v) is 13.7. The Bertz CT molecular complexity index is 898. The van der Waals surface area contributed by atoms with Crippen molar-refractivity contribution in [3.05, 3.63) is 89.8 Å². The van der Waals surface area contributed by atoms with Gasteiger partial charge in [-0.05, 0) is 47.5 Å². The molecule has 4 rings (SSSR count). The van der Waals surface area contributed by atoms with Gasteiger partial charge in [-0.15, -0.1) is 11.3 Å². The van der Waals surface area contributed by atoms with E-state index in [4.69, 9.17) is 4.74 Å². The van der Waals surface area contributed by atoms with Crippen molar-refractivity contribution in [2.45, 2.75) is 0 Å². The Hall–Kier alpha value is -2.91. The van der Waals surface area contributed by atoms with Crippen molar-refractivity contribution < 1.29 is 4.74 Å². The highest BCUT2D eigenvalue weighted by molar-refractivity contribution is 7.07. The summed E-state index contributed by atoms with van der Waals surface area (Å²) in [5, 5.41) is 2.04. The van der Waals surface area contributed by atoms with E-state index >= 15 is 0 Å². The maximum absolute atomic E-state index is 5.92. The molecule has 0 saturated heterocycles. The summed E-state index contributed by atoms with van der Waals surface area (Å²) in [7, 11) is 0. The summed E-state index contributed by atoms with van der Waals surface area (Å²) in [4.78, 5) is 4.32. The lowest BCUT2D eigenvalue weighted by molar-refractivity contribution is 0.483. The molecule has 3 heteroatoms. The Labute approximate surface area is 145 Å². The van der Waals surface area contributed by atoms with Crippen LogP contribution in [0, 0.1) is 0 Å². The van der Waals surface area contributed by atoms with Gasteiger partial charge in [0.25, 0.3) is 0 Å². The van der Waals surface area contributed by atoms with Gasteiger partial charge in [0.15, 0.2) is 0 Å². The van der Waals surface area contributed by atoms with E-state index in [-0.39, 0.29) is 0 Å². The molecule has 2 nitrogen and oxygen atoms in total. The van der Waals surface area contributed by atoms with Crippen molar-refractivity contribution >= 4 is 11.3 Å². The van der Waals surface area contributed by atoms with Crippen LogP contribution in [0.2, 0.25) is 0 Å². The number of benzene rings is 3. The van der Waals surface area contributed by atoms with Gasteiger partial charge in [0.2, 0.25) is 0 Å². The zero-order chi connectivity index (χ0) is 16.2. The predicted molar refractivity (Wildman–Crippen MR) is 99.5 cm³/mol. The van der Waals surface area contributed by atoms with Crippen LogP contribution < -0.4 is 4.74 Å². The number of hydrogen-bond acceptors (Lipinski definition) is 3. The van der Waals surface area contributed by atoms with Crippen LogP contribution in [0.4, 0.5) is 0 Å². The first-order chi connectivity index (χ1) is 11.9. The second-order valence-electron chi connectivity index (χ2n) is 5.39. The van der Waals surface area contributed by atoms with Crippen molar-refractivity contribution in [1.29, 1.82) is 0 Å². The monoisotopic (exact) mass is 329 g/mol. The molecule has 0 atom stereocenters. The van der Waals surface area contributed by atoms with Gasteiger partial charge in [-0.25, -0.2) is 4.98 Å². The molecule has 1 heterocycles. The zero-order valence-electron chi connectivity index (χ0n) is 12.9. The molecule has 0 aliphatic rings. The van der Waals surface area contributed by atoms with Crippen molar-refractivity contribution in [2.75, 3.05) is 0 Å². The molecule has 24 heavy (non-hydrogen) atoms. The van der Waals surface area contributed by atoms with E-state index < -0.39 is 0 Å². The van der Waals surface area contributed by atoms with Gasteiger partial charge in [-0.1, -0.05) is 42.5 Å². The molecule has 0 aliphatic heterocycles. The lowest BCUT2D eigenvalue weighted by Crippen LogP contribution is -1.85. The third-order valence-electron chi connectivity index (χ3n) is 3.78. The van der Waals surface area contributed by atoms with Gasteiger partial charge in [0.05, 0.1) is 11.2 Å². The van der Waals surface area contributed by atoms with Crippen LogP contribution in [0.25, 0.3) is 22.4 Å². The topological polar surface area (TPSA) is 22.1 Å². The summed E-state index contributed by atoms with van der Waals surface area (Å²) in [5.41, 5.74) is 6.33. The third-order valence-corrected chi connectivity index (χ3v) is 4.37. The van der Waals surface area contributed by atoms with Gasteiger partial charge >= 0.3 is 0 Å². The van der Waals surface area contributed by atoms with E-state index in [0.29, 0.717) is 0 Å². The third kappa shape index (κ3) is 3.21. The van der Waals surface area contributed by atoms with Crippen LogP contribution in [-0.4, -0.2) is 4.98 Å². The van der Waals surface area contributed by atoms with Gasteiger partial charge < -0.3 is 4.74 Å². The summed E-state index contributed by atoms with van der Waals surface area (Å²) < 4.78 is 5.92. The fourth-order valence-electron chi connectivity index (χ4n) is 2.53. The fourth-order valence-corrected chi connectivity index (χ4v) is 3.09.